The number of urea groups is 1. The number of nitrogens with zero attached hydrogens (tertiary/aromatic N) is 4. The van der Waals surface area contributed by atoms with E-state index in [1.165, 1.54) is 0 Å². The number of aryl methyl sites for hydroxylation is 1. The Kier molecular flexibility index (Phi) is 7.48. The van der Waals surface area contributed by atoms with Gasteiger partial charge in [-0.2, -0.15) is 0 Å². The fourth-order valence-electron chi connectivity index (χ4n) is 3.94. The SMILES string of the molecule is CCOC(=O)C1=C(CN2CCN(c3cc(C)nc(C(C)C)n3)CC2)NC(=O)N[C@H]1CC. The molecule has 2 aliphatic heterocycles. The predicted octanol–water partition coefficient (Wildman–Crippen LogP) is 1.94. The van der Waals surface area contributed by atoms with E-state index < -0.39 is 0 Å². The second-order valence-corrected chi connectivity index (χ2v) is 8.32. The molecule has 3 heterocycles. The van der Waals surface area contributed by atoms with Gasteiger partial charge in [0.15, 0.2) is 0 Å². The van der Waals surface area contributed by atoms with Crippen molar-refractivity contribution < 1.29 is 14.3 Å². The number of piperazine rings is 1. The van der Waals surface area contributed by atoms with E-state index >= 15 is 0 Å². The number of anilines is 1. The van der Waals surface area contributed by atoms with Crippen molar-refractivity contribution >= 4 is 17.8 Å². The zero-order valence-corrected chi connectivity index (χ0v) is 19.2. The van der Waals surface area contributed by atoms with E-state index in [1.807, 2.05) is 19.9 Å². The molecule has 0 bridgehead atoms. The van der Waals surface area contributed by atoms with Crippen molar-refractivity contribution in [3.05, 3.63) is 28.9 Å². The summed E-state index contributed by atoms with van der Waals surface area (Å²) in [6, 6.07) is 1.43. The first-order valence-corrected chi connectivity index (χ1v) is 11.1. The molecule has 9 nitrogen and oxygen atoms in total. The Morgan fingerprint density at radius 2 is 1.94 bits per heavy atom. The molecule has 0 aromatic carbocycles. The zero-order chi connectivity index (χ0) is 22.5. The van der Waals surface area contributed by atoms with Crippen LogP contribution in [0.25, 0.3) is 0 Å². The van der Waals surface area contributed by atoms with Crippen LogP contribution in [0.1, 0.15) is 51.6 Å². The standard InChI is InChI=1S/C22H34N6O3/c1-6-16-19(21(29)31-7-2)17(25-22(30)24-16)13-27-8-10-28(11-9-27)18-12-15(5)23-20(26-18)14(3)4/h12,14,16H,6-11,13H2,1-5H3,(H2,24,25,30)/t16-/m0/s1. The third-order valence-corrected chi connectivity index (χ3v) is 5.60. The van der Waals surface area contributed by atoms with Crippen LogP contribution in [0.3, 0.4) is 0 Å². The number of hydrogen-bond donors (Lipinski definition) is 2. The summed E-state index contributed by atoms with van der Waals surface area (Å²) in [5.41, 5.74) is 2.14. The number of rotatable bonds is 7. The maximum absolute atomic E-state index is 12.6. The molecule has 1 aromatic rings. The van der Waals surface area contributed by atoms with E-state index in [0.717, 1.165) is 43.5 Å². The summed E-state index contributed by atoms with van der Waals surface area (Å²) in [6.45, 7) is 14.0. The Morgan fingerprint density at radius 3 is 2.55 bits per heavy atom. The monoisotopic (exact) mass is 430 g/mol. The summed E-state index contributed by atoms with van der Waals surface area (Å²) in [5, 5.41) is 5.66. The molecule has 1 saturated heterocycles. The van der Waals surface area contributed by atoms with Crippen LogP contribution in [0.4, 0.5) is 10.6 Å². The van der Waals surface area contributed by atoms with Gasteiger partial charge in [0, 0.05) is 56.1 Å². The van der Waals surface area contributed by atoms with Gasteiger partial charge in [-0.3, -0.25) is 4.90 Å². The first-order chi connectivity index (χ1) is 14.8. The van der Waals surface area contributed by atoms with Gasteiger partial charge in [0.2, 0.25) is 0 Å². The van der Waals surface area contributed by atoms with Crippen molar-refractivity contribution in [2.24, 2.45) is 0 Å². The minimum Gasteiger partial charge on any atom is -0.463 e. The summed E-state index contributed by atoms with van der Waals surface area (Å²) in [7, 11) is 0. The number of carbonyl (C=O) groups is 2. The highest BCUT2D eigenvalue weighted by Gasteiger charge is 2.32. The molecule has 170 valence electrons. The van der Waals surface area contributed by atoms with Crippen molar-refractivity contribution in [1.29, 1.82) is 0 Å². The summed E-state index contributed by atoms with van der Waals surface area (Å²) in [4.78, 5) is 38.5. The lowest BCUT2D eigenvalue weighted by atomic mass is 10.00. The van der Waals surface area contributed by atoms with Gasteiger partial charge in [0.1, 0.15) is 11.6 Å². The highest BCUT2D eigenvalue weighted by molar-refractivity contribution is 5.94. The second kappa shape index (κ2) is 10.1. The smallest absolute Gasteiger partial charge is 0.337 e. The Hall–Kier alpha value is -2.68. The molecular weight excluding hydrogens is 396 g/mol. The van der Waals surface area contributed by atoms with Crippen LogP contribution in [0, 0.1) is 6.92 Å². The first-order valence-electron chi connectivity index (χ1n) is 11.1. The quantitative estimate of drug-likeness (QED) is 0.638. The first kappa shape index (κ1) is 23.0. The van der Waals surface area contributed by atoms with Crippen molar-refractivity contribution in [2.45, 2.75) is 53.0 Å². The van der Waals surface area contributed by atoms with Crippen LogP contribution in [0.15, 0.2) is 17.3 Å². The number of esters is 1. The molecule has 3 rings (SSSR count). The van der Waals surface area contributed by atoms with Crippen LogP contribution in [-0.2, 0) is 9.53 Å². The van der Waals surface area contributed by atoms with E-state index in [4.69, 9.17) is 9.72 Å². The van der Waals surface area contributed by atoms with E-state index in [9.17, 15) is 9.59 Å². The van der Waals surface area contributed by atoms with E-state index in [0.29, 0.717) is 30.8 Å². The van der Waals surface area contributed by atoms with Gasteiger partial charge in [-0.15, -0.1) is 0 Å². The van der Waals surface area contributed by atoms with E-state index in [1.54, 1.807) is 6.92 Å². The summed E-state index contributed by atoms with van der Waals surface area (Å²) in [6.07, 6.45) is 0.629. The number of hydrogen-bond acceptors (Lipinski definition) is 7. The van der Waals surface area contributed by atoms with Gasteiger partial charge in [-0.25, -0.2) is 19.6 Å². The lowest BCUT2D eigenvalue weighted by molar-refractivity contribution is -0.139. The van der Waals surface area contributed by atoms with Crippen LogP contribution < -0.4 is 15.5 Å². The predicted molar refractivity (Wildman–Crippen MR) is 119 cm³/mol. The molecule has 2 aliphatic rings. The molecule has 9 heteroatoms. The normalized spacial score (nSPS) is 20.0. The van der Waals surface area contributed by atoms with E-state index in [2.05, 4.69) is 39.3 Å². The van der Waals surface area contributed by atoms with Crippen LogP contribution in [0.5, 0.6) is 0 Å². The maximum atomic E-state index is 12.6. The molecule has 2 N–H and O–H groups in total. The van der Waals surface area contributed by atoms with Crippen LogP contribution in [-0.4, -0.2) is 72.2 Å². The number of nitrogens with one attached hydrogen (secondary N) is 2. The summed E-state index contributed by atoms with van der Waals surface area (Å²) < 4.78 is 5.26. The fraction of sp³-hybridized carbons (Fsp3) is 0.636. The molecule has 1 fully saturated rings. The molecule has 0 spiro atoms. The topological polar surface area (TPSA) is 99.7 Å². The van der Waals surface area contributed by atoms with E-state index in [-0.39, 0.29) is 24.0 Å². The number of ether oxygens (including phenoxy) is 1. The highest BCUT2D eigenvalue weighted by Crippen LogP contribution is 2.21. The zero-order valence-electron chi connectivity index (χ0n) is 19.2. The molecule has 0 saturated carbocycles. The van der Waals surface area contributed by atoms with Gasteiger partial charge in [-0.05, 0) is 20.3 Å². The number of amides is 2. The van der Waals surface area contributed by atoms with Gasteiger partial charge in [0.25, 0.3) is 0 Å². The van der Waals surface area contributed by atoms with Crippen molar-refractivity contribution in [3.8, 4) is 0 Å². The molecule has 1 aromatic heterocycles. The van der Waals surface area contributed by atoms with Crippen molar-refractivity contribution in [2.75, 3.05) is 44.2 Å². The van der Waals surface area contributed by atoms with Crippen molar-refractivity contribution in [3.63, 3.8) is 0 Å². The Balaban J connectivity index is 1.71. The maximum Gasteiger partial charge on any atom is 0.337 e. The van der Waals surface area contributed by atoms with Gasteiger partial charge < -0.3 is 20.3 Å². The number of aromatic nitrogens is 2. The molecule has 0 aliphatic carbocycles. The summed E-state index contributed by atoms with van der Waals surface area (Å²) in [5.74, 6) is 1.74. The third kappa shape index (κ3) is 5.52. The summed E-state index contributed by atoms with van der Waals surface area (Å²) >= 11 is 0. The molecule has 1 atom stereocenters. The lowest BCUT2D eigenvalue weighted by Gasteiger charge is -2.37. The molecule has 0 radical (unpaired) electrons. The molecule has 0 unspecified atom stereocenters. The fourth-order valence-corrected chi connectivity index (χ4v) is 3.94. The van der Waals surface area contributed by atoms with Gasteiger partial charge in [-0.1, -0.05) is 20.8 Å². The van der Waals surface area contributed by atoms with Gasteiger partial charge in [0.05, 0.1) is 18.2 Å². The lowest BCUT2D eigenvalue weighted by Crippen LogP contribution is -2.54. The molecule has 31 heavy (non-hydrogen) atoms. The average molecular weight is 431 g/mol. The highest BCUT2D eigenvalue weighted by atomic mass is 16.5. The van der Waals surface area contributed by atoms with Gasteiger partial charge >= 0.3 is 12.0 Å². The Bertz CT molecular complexity index is 846. The number of carbonyl (C=O) groups excluding carboxylic acids is 2. The largest absolute Gasteiger partial charge is 0.463 e. The van der Waals surface area contributed by atoms with Crippen molar-refractivity contribution in [1.82, 2.24) is 25.5 Å². The van der Waals surface area contributed by atoms with Crippen LogP contribution in [0.2, 0.25) is 0 Å². The minimum atomic E-state index is -0.367. The second-order valence-electron chi connectivity index (χ2n) is 8.32. The average Bonchev–Trinajstić information content (AvgIpc) is 2.73. The third-order valence-electron chi connectivity index (χ3n) is 5.60. The molecule has 2 amide bonds. The minimum absolute atomic E-state index is 0.272. The molecular formula is C22H34N6O3. The Labute approximate surface area is 184 Å². The Morgan fingerprint density at radius 1 is 1.23 bits per heavy atom. The van der Waals surface area contributed by atoms with Crippen LogP contribution >= 0.6 is 0 Å².